The van der Waals surface area contributed by atoms with Crippen LogP contribution in [0.15, 0.2) is 18.2 Å². The van der Waals surface area contributed by atoms with Gasteiger partial charge >= 0.3 is 84.1 Å². The van der Waals surface area contributed by atoms with Crippen LogP contribution < -0.4 is 4.35 Å². The van der Waals surface area contributed by atoms with Crippen molar-refractivity contribution in [1.29, 1.82) is 0 Å². The number of rotatable bonds is 3. The van der Waals surface area contributed by atoms with Crippen molar-refractivity contribution in [3.05, 3.63) is 33.9 Å². The minimum absolute atomic E-state index is 0. The van der Waals surface area contributed by atoms with Gasteiger partial charge < -0.3 is 5.48 Å². The first kappa shape index (κ1) is 13.4. The van der Waals surface area contributed by atoms with Crippen LogP contribution in [-0.4, -0.2) is 37.2 Å². The third kappa shape index (κ3) is 2.93. The van der Waals surface area contributed by atoms with Gasteiger partial charge in [-0.25, -0.2) is 0 Å². The molecule has 0 saturated heterocycles. The van der Waals surface area contributed by atoms with Crippen molar-refractivity contribution in [2.24, 2.45) is 0 Å². The Hall–Kier alpha value is -1.59. The molecule has 7 nitrogen and oxygen atoms in total. The molecule has 1 aromatic rings. The number of nitrogens with zero attached hydrogens (tertiary/aromatic N) is 1. The molecule has 3 N–H and O–H groups in total. The van der Waals surface area contributed by atoms with Crippen LogP contribution in [0.2, 0.25) is 0 Å². The SMILES string of the molecule is O.O=[As]c1ccc(C(=O)O)c([N+](=O)[O-])c1. The molecule has 0 fully saturated rings. The molecular formula is C7H6AsNO6. The second-order valence-corrected chi connectivity index (χ2v) is 3.82. The average Bonchev–Trinajstić information content (AvgIpc) is 2.16. The first-order chi connectivity index (χ1) is 6.56. The zero-order chi connectivity index (χ0) is 10.7. The van der Waals surface area contributed by atoms with E-state index in [-0.39, 0.29) is 9.83 Å². The summed E-state index contributed by atoms with van der Waals surface area (Å²) in [6.45, 7) is 0. The van der Waals surface area contributed by atoms with E-state index >= 15 is 0 Å². The number of carboxylic acid groups (broad SMARTS) is 1. The van der Waals surface area contributed by atoms with Gasteiger partial charge in [0.25, 0.3) is 0 Å². The Balaban J connectivity index is 0.00000196. The molecule has 0 unspecified atom stereocenters. The Labute approximate surface area is 90.1 Å². The molecule has 0 spiro atoms. The van der Waals surface area contributed by atoms with E-state index in [0.29, 0.717) is 0 Å². The third-order valence-electron chi connectivity index (χ3n) is 1.51. The number of benzene rings is 1. The number of nitro benzene ring substituents is 1. The van der Waals surface area contributed by atoms with E-state index in [9.17, 15) is 18.6 Å². The number of nitro groups is 1. The van der Waals surface area contributed by atoms with Crippen molar-refractivity contribution in [3.8, 4) is 0 Å². The van der Waals surface area contributed by atoms with Crippen molar-refractivity contribution >= 4 is 31.7 Å². The Bertz CT molecular complexity index is 418. The number of carboxylic acids is 1. The zero-order valence-corrected chi connectivity index (χ0v) is 9.08. The van der Waals surface area contributed by atoms with Gasteiger partial charge in [-0.1, -0.05) is 0 Å². The molecule has 15 heavy (non-hydrogen) atoms. The molecule has 0 aliphatic carbocycles. The summed E-state index contributed by atoms with van der Waals surface area (Å²) in [4.78, 5) is 20.2. The van der Waals surface area contributed by atoms with Crippen LogP contribution in [0.1, 0.15) is 10.4 Å². The van der Waals surface area contributed by atoms with Gasteiger partial charge in [-0.3, -0.25) is 0 Å². The monoisotopic (exact) mass is 275 g/mol. The summed E-state index contributed by atoms with van der Waals surface area (Å²) in [5.41, 5.74) is -0.922. The van der Waals surface area contributed by atoms with Crippen LogP contribution in [0.3, 0.4) is 0 Å². The van der Waals surface area contributed by atoms with Gasteiger partial charge in [0, 0.05) is 0 Å². The van der Waals surface area contributed by atoms with Crippen molar-refractivity contribution in [2.75, 3.05) is 0 Å². The molecule has 0 saturated carbocycles. The average molecular weight is 275 g/mol. The molecule has 8 heteroatoms. The van der Waals surface area contributed by atoms with Crippen LogP contribution in [0.4, 0.5) is 5.69 Å². The van der Waals surface area contributed by atoms with E-state index in [4.69, 9.17) is 5.11 Å². The van der Waals surface area contributed by atoms with Crippen molar-refractivity contribution in [3.63, 3.8) is 0 Å². The predicted octanol–water partition coefficient (Wildman–Crippen LogP) is -0.857. The van der Waals surface area contributed by atoms with Gasteiger partial charge in [0.1, 0.15) is 0 Å². The molecule has 0 amide bonds. The van der Waals surface area contributed by atoms with E-state index in [1.807, 2.05) is 0 Å². The second kappa shape index (κ2) is 5.33. The number of aromatic carboxylic acids is 1. The van der Waals surface area contributed by atoms with Crippen LogP contribution in [0.25, 0.3) is 0 Å². The quantitative estimate of drug-likeness (QED) is 0.436. The third-order valence-corrected chi connectivity index (χ3v) is 2.54. The molecule has 0 aromatic heterocycles. The molecule has 0 radical (unpaired) electrons. The van der Waals surface area contributed by atoms with Gasteiger partial charge in [-0.15, -0.1) is 0 Å². The van der Waals surface area contributed by atoms with E-state index in [0.717, 1.165) is 12.1 Å². The Kier molecular flexibility index (Phi) is 4.76. The Morgan fingerprint density at radius 2 is 2.07 bits per heavy atom. The first-order valence-electron chi connectivity index (χ1n) is 3.41. The molecule has 0 atom stereocenters. The fourth-order valence-corrected chi connectivity index (χ4v) is 1.56. The van der Waals surface area contributed by atoms with Crippen LogP contribution in [0.5, 0.6) is 0 Å². The van der Waals surface area contributed by atoms with Crippen LogP contribution in [0, 0.1) is 10.1 Å². The first-order valence-corrected chi connectivity index (χ1v) is 5.12. The predicted molar refractivity (Wildman–Crippen MR) is 49.7 cm³/mol. The van der Waals surface area contributed by atoms with Gasteiger partial charge in [-0.2, -0.15) is 0 Å². The zero-order valence-electron chi connectivity index (χ0n) is 7.21. The summed E-state index contributed by atoms with van der Waals surface area (Å²) in [5, 5.41) is 19.0. The summed E-state index contributed by atoms with van der Waals surface area (Å²) in [5.74, 6) is -1.37. The standard InChI is InChI=1S/C7H4AsNO5.H2O/c10-7(11)5-2-1-4(8-12)3-6(5)9(13)14;/h1-3H,(H,10,11);1H2. The molecule has 0 bridgehead atoms. The topological polar surface area (TPSA) is 129 Å². The fraction of sp³-hybridized carbons (Fsp3) is 0. The Morgan fingerprint density at radius 3 is 2.47 bits per heavy atom. The summed E-state index contributed by atoms with van der Waals surface area (Å²) in [7, 11) is 0. The molecule has 1 aromatic carbocycles. The Morgan fingerprint density at radius 1 is 1.47 bits per heavy atom. The fourth-order valence-electron chi connectivity index (χ4n) is 0.909. The number of carbonyl (C=O) groups is 1. The maximum atomic E-state index is 10.6. The molecule has 1 rings (SSSR count). The molecule has 0 aliphatic heterocycles. The normalized spacial score (nSPS) is 9.33. The molecule has 0 aliphatic rings. The van der Waals surface area contributed by atoms with E-state index in [1.165, 1.54) is 6.07 Å². The van der Waals surface area contributed by atoms with Crippen molar-refractivity contribution in [2.45, 2.75) is 0 Å². The van der Waals surface area contributed by atoms with Gasteiger partial charge in [0.15, 0.2) is 0 Å². The van der Waals surface area contributed by atoms with Crippen LogP contribution in [-0.2, 0) is 3.74 Å². The minimum atomic E-state index is -1.38. The molecular weight excluding hydrogens is 269 g/mol. The van der Waals surface area contributed by atoms with Crippen molar-refractivity contribution in [1.82, 2.24) is 0 Å². The molecule has 80 valence electrons. The molecule has 0 heterocycles. The second-order valence-electron chi connectivity index (χ2n) is 2.36. The van der Waals surface area contributed by atoms with Crippen LogP contribution >= 0.6 is 0 Å². The summed E-state index contributed by atoms with van der Waals surface area (Å²) in [6, 6.07) is 3.42. The number of hydrogen-bond donors (Lipinski definition) is 1. The van der Waals surface area contributed by atoms with E-state index in [2.05, 4.69) is 0 Å². The van der Waals surface area contributed by atoms with Crippen molar-refractivity contribution < 1.29 is 24.0 Å². The summed E-state index contributed by atoms with van der Waals surface area (Å²) in [6.07, 6.45) is 0. The van der Waals surface area contributed by atoms with Gasteiger partial charge in [0.05, 0.1) is 0 Å². The van der Waals surface area contributed by atoms with Gasteiger partial charge in [-0.05, 0) is 0 Å². The maximum absolute atomic E-state index is 10.6. The number of hydrogen-bond acceptors (Lipinski definition) is 4. The summed E-state index contributed by atoms with van der Waals surface area (Å²) < 4.78 is 10.8. The summed E-state index contributed by atoms with van der Waals surface area (Å²) >= 11 is -1.38. The van der Waals surface area contributed by atoms with E-state index < -0.39 is 37.8 Å². The van der Waals surface area contributed by atoms with E-state index in [1.54, 1.807) is 0 Å². The van der Waals surface area contributed by atoms with Gasteiger partial charge in [0.2, 0.25) is 0 Å².